The van der Waals surface area contributed by atoms with Crippen LogP contribution in [0.4, 0.5) is 11.5 Å². The molecule has 1 atom stereocenters. The van der Waals surface area contributed by atoms with Crippen molar-refractivity contribution in [2.75, 3.05) is 35.6 Å². The second-order valence-corrected chi connectivity index (χ2v) is 9.74. The molecule has 0 amide bonds. The quantitative estimate of drug-likeness (QED) is 0.573. The fraction of sp³-hybridized carbons (Fsp3) is 0.318. The van der Waals surface area contributed by atoms with Gasteiger partial charge in [-0.2, -0.15) is 0 Å². The van der Waals surface area contributed by atoms with Crippen LogP contribution >= 0.6 is 0 Å². The number of aryl methyl sites for hydroxylation is 1. The highest BCUT2D eigenvalue weighted by Gasteiger charge is 2.26. The number of benzene rings is 2. The number of nitrogens with two attached hydrogens (primary N) is 1. The molecule has 1 aliphatic rings. The van der Waals surface area contributed by atoms with E-state index in [2.05, 4.69) is 5.32 Å². The van der Waals surface area contributed by atoms with E-state index in [4.69, 9.17) is 10.7 Å². The Kier molecular flexibility index (Phi) is 5.64. The van der Waals surface area contributed by atoms with E-state index < -0.39 is 15.9 Å². The lowest BCUT2D eigenvalue weighted by atomic mass is 10.1. The molecule has 8 heteroatoms. The standard InChI is InChI=1S/C22H26N4O3S/c1-15-6-7-19-18(10-15)20(24-13-17(27)12-23)11-22(25-19)26-8-9-30(28,29)21-5-3-2-4-16(21)14-26/h2-7,10-11,17,27H,8-9,12-14,23H2,1H3,(H,24,25). The first kappa shape index (κ1) is 20.6. The third-order valence-corrected chi connectivity index (χ3v) is 7.16. The number of rotatable bonds is 5. The van der Waals surface area contributed by atoms with E-state index in [-0.39, 0.29) is 12.3 Å². The first-order valence-corrected chi connectivity index (χ1v) is 11.6. The Hall–Kier alpha value is -2.68. The number of nitrogens with one attached hydrogen (secondary N) is 1. The predicted octanol–water partition coefficient (Wildman–Crippen LogP) is 2.07. The van der Waals surface area contributed by atoms with Gasteiger partial charge < -0.3 is 21.1 Å². The number of aromatic nitrogens is 1. The summed E-state index contributed by atoms with van der Waals surface area (Å²) in [7, 11) is -3.33. The second-order valence-electron chi connectivity index (χ2n) is 7.67. The van der Waals surface area contributed by atoms with Gasteiger partial charge in [-0.3, -0.25) is 0 Å². The van der Waals surface area contributed by atoms with Gasteiger partial charge in [-0.1, -0.05) is 29.8 Å². The van der Waals surface area contributed by atoms with Crippen LogP contribution in [0.5, 0.6) is 0 Å². The monoisotopic (exact) mass is 426 g/mol. The molecule has 158 valence electrons. The number of nitrogens with zero attached hydrogens (tertiary/aromatic N) is 2. The van der Waals surface area contributed by atoms with Gasteiger partial charge in [-0.05, 0) is 30.7 Å². The molecular formula is C22H26N4O3S. The molecule has 3 aromatic rings. The molecule has 0 bridgehead atoms. The first-order valence-electron chi connectivity index (χ1n) is 9.96. The Bertz CT molecular complexity index is 1180. The second kappa shape index (κ2) is 8.22. The normalized spacial score (nSPS) is 16.7. The molecular weight excluding hydrogens is 400 g/mol. The molecule has 1 aliphatic heterocycles. The van der Waals surface area contributed by atoms with E-state index in [1.807, 2.05) is 48.2 Å². The number of pyridine rings is 1. The molecule has 7 nitrogen and oxygen atoms in total. The van der Waals surface area contributed by atoms with Crippen LogP contribution in [0, 0.1) is 6.92 Å². The van der Waals surface area contributed by atoms with Gasteiger partial charge in [0.15, 0.2) is 9.84 Å². The van der Waals surface area contributed by atoms with Crippen molar-refractivity contribution in [3.05, 3.63) is 59.7 Å². The molecule has 0 saturated heterocycles. The summed E-state index contributed by atoms with van der Waals surface area (Å²) in [6.07, 6.45) is -0.656. The molecule has 0 saturated carbocycles. The minimum absolute atomic E-state index is 0.0340. The van der Waals surface area contributed by atoms with Gasteiger partial charge in [0.25, 0.3) is 0 Å². The van der Waals surface area contributed by atoms with E-state index in [0.29, 0.717) is 30.3 Å². The summed E-state index contributed by atoms with van der Waals surface area (Å²) in [4.78, 5) is 7.20. The van der Waals surface area contributed by atoms with Gasteiger partial charge in [-0.25, -0.2) is 13.4 Å². The molecule has 1 aromatic heterocycles. The molecule has 0 aliphatic carbocycles. The van der Waals surface area contributed by atoms with Crippen LogP contribution in [0.15, 0.2) is 53.4 Å². The lowest BCUT2D eigenvalue weighted by Crippen LogP contribution is -2.28. The summed E-state index contributed by atoms with van der Waals surface area (Å²) >= 11 is 0. The fourth-order valence-corrected chi connectivity index (χ4v) is 5.20. The van der Waals surface area contributed by atoms with Gasteiger partial charge in [0.2, 0.25) is 0 Å². The molecule has 30 heavy (non-hydrogen) atoms. The third kappa shape index (κ3) is 4.12. The summed E-state index contributed by atoms with van der Waals surface area (Å²) < 4.78 is 25.4. The van der Waals surface area contributed by atoms with Crippen molar-refractivity contribution in [2.45, 2.75) is 24.5 Å². The number of aliphatic hydroxyl groups is 1. The number of sulfone groups is 1. The largest absolute Gasteiger partial charge is 0.390 e. The molecule has 1 unspecified atom stereocenters. The lowest BCUT2D eigenvalue weighted by molar-refractivity contribution is 0.196. The van der Waals surface area contributed by atoms with Crippen molar-refractivity contribution in [3.8, 4) is 0 Å². The van der Waals surface area contributed by atoms with Crippen LogP contribution in [0.3, 0.4) is 0 Å². The molecule has 2 heterocycles. The highest BCUT2D eigenvalue weighted by molar-refractivity contribution is 7.91. The maximum absolute atomic E-state index is 12.7. The Morgan fingerprint density at radius 3 is 2.83 bits per heavy atom. The van der Waals surface area contributed by atoms with Gasteiger partial charge in [0.05, 0.1) is 22.3 Å². The smallest absolute Gasteiger partial charge is 0.180 e. The number of anilines is 2. The van der Waals surface area contributed by atoms with E-state index >= 15 is 0 Å². The van der Waals surface area contributed by atoms with Crippen molar-refractivity contribution in [1.82, 2.24) is 4.98 Å². The van der Waals surface area contributed by atoms with Gasteiger partial charge in [0, 0.05) is 43.3 Å². The summed E-state index contributed by atoms with van der Waals surface area (Å²) in [6, 6.07) is 15.1. The van der Waals surface area contributed by atoms with Crippen molar-refractivity contribution >= 4 is 32.2 Å². The van der Waals surface area contributed by atoms with Crippen LogP contribution in [-0.2, 0) is 16.4 Å². The summed E-state index contributed by atoms with van der Waals surface area (Å²) in [5.41, 5.74) is 9.07. The summed E-state index contributed by atoms with van der Waals surface area (Å²) in [5, 5.41) is 14.1. The van der Waals surface area contributed by atoms with Crippen molar-refractivity contribution < 1.29 is 13.5 Å². The van der Waals surface area contributed by atoms with E-state index in [1.165, 1.54) is 0 Å². The van der Waals surface area contributed by atoms with Gasteiger partial charge in [0.1, 0.15) is 5.82 Å². The number of hydrogen-bond acceptors (Lipinski definition) is 7. The predicted molar refractivity (Wildman–Crippen MR) is 120 cm³/mol. The summed E-state index contributed by atoms with van der Waals surface area (Å²) in [6.45, 7) is 3.32. The Morgan fingerprint density at radius 2 is 2.03 bits per heavy atom. The number of aliphatic hydroxyl groups excluding tert-OH is 1. The zero-order valence-corrected chi connectivity index (χ0v) is 17.7. The zero-order chi connectivity index (χ0) is 21.3. The fourth-order valence-electron chi connectivity index (χ4n) is 3.70. The van der Waals surface area contributed by atoms with Crippen LogP contribution in [0.2, 0.25) is 0 Å². The molecule has 4 rings (SSSR count). The van der Waals surface area contributed by atoms with Crippen LogP contribution in [-0.4, -0.2) is 50.0 Å². The average molecular weight is 427 g/mol. The summed E-state index contributed by atoms with van der Waals surface area (Å²) in [5.74, 6) is 0.731. The first-order chi connectivity index (χ1) is 14.4. The van der Waals surface area contributed by atoms with E-state index in [9.17, 15) is 13.5 Å². The Morgan fingerprint density at radius 1 is 1.23 bits per heavy atom. The van der Waals surface area contributed by atoms with E-state index in [0.717, 1.165) is 27.7 Å². The topological polar surface area (TPSA) is 109 Å². The number of hydrogen-bond donors (Lipinski definition) is 3. The number of fused-ring (bicyclic) bond motifs is 2. The molecule has 0 spiro atoms. The zero-order valence-electron chi connectivity index (χ0n) is 16.9. The molecule has 0 radical (unpaired) electrons. The van der Waals surface area contributed by atoms with Crippen LogP contribution in [0.25, 0.3) is 10.9 Å². The molecule has 0 fully saturated rings. The molecule has 2 aromatic carbocycles. The SMILES string of the molecule is Cc1ccc2nc(N3CCS(=O)(=O)c4ccccc4C3)cc(NCC(O)CN)c2c1. The average Bonchev–Trinajstić information content (AvgIpc) is 2.88. The Balaban J connectivity index is 1.76. The van der Waals surface area contributed by atoms with E-state index in [1.54, 1.807) is 12.1 Å². The van der Waals surface area contributed by atoms with Crippen LogP contribution in [0.1, 0.15) is 11.1 Å². The minimum atomic E-state index is -3.33. The van der Waals surface area contributed by atoms with Crippen molar-refractivity contribution in [1.29, 1.82) is 0 Å². The molecule has 4 N–H and O–H groups in total. The van der Waals surface area contributed by atoms with Crippen molar-refractivity contribution in [2.24, 2.45) is 5.73 Å². The highest BCUT2D eigenvalue weighted by Crippen LogP contribution is 2.31. The lowest BCUT2D eigenvalue weighted by Gasteiger charge is -2.23. The maximum atomic E-state index is 12.7. The van der Waals surface area contributed by atoms with Crippen molar-refractivity contribution in [3.63, 3.8) is 0 Å². The van der Waals surface area contributed by atoms with Gasteiger partial charge >= 0.3 is 0 Å². The maximum Gasteiger partial charge on any atom is 0.180 e. The minimum Gasteiger partial charge on any atom is -0.390 e. The highest BCUT2D eigenvalue weighted by atomic mass is 32.2. The van der Waals surface area contributed by atoms with Crippen LogP contribution < -0.4 is 16.0 Å². The third-order valence-electron chi connectivity index (χ3n) is 5.37. The van der Waals surface area contributed by atoms with Gasteiger partial charge in [-0.15, -0.1) is 0 Å². The Labute approximate surface area is 176 Å².